The zero-order valence-electron chi connectivity index (χ0n) is 13.3. The fraction of sp³-hybridized carbons (Fsp3) is 0.421. The highest BCUT2D eigenvalue weighted by Gasteiger charge is 2.25. The Morgan fingerprint density at radius 1 is 1.17 bits per heavy atom. The Morgan fingerprint density at radius 2 is 1.91 bits per heavy atom. The summed E-state index contributed by atoms with van der Waals surface area (Å²) in [5.41, 5.74) is 2.10. The molecule has 1 aliphatic carbocycles. The predicted octanol–water partition coefficient (Wildman–Crippen LogP) is 3.97. The maximum absolute atomic E-state index is 11.3. The summed E-state index contributed by atoms with van der Waals surface area (Å²) in [4.78, 5) is 13.7. The Kier molecular flexibility index (Phi) is 5.13. The van der Waals surface area contributed by atoms with Gasteiger partial charge in [-0.15, -0.1) is 0 Å². The van der Waals surface area contributed by atoms with Crippen molar-refractivity contribution in [2.75, 3.05) is 6.54 Å². The quantitative estimate of drug-likeness (QED) is 0.840. The van der Waals surface area contributed by atoms with Gasteiger partial charge in [0.2, 0.25) is 5.76 Å². The zero-order chi connectivity index (χ0) is 16.1. The summed E-state index contributed by atoms with van der Waals surface area (Å²) in [5, 5.41) is 9.23. The molecule has 0 aliphatic heterocycles. The van der Waals surface area contributed by atoms with E-state index in [0.717, 1.165) is 18.5 Å². The van der Waals surface area contributed by atoms with E-state index in [0.29, 0.717) is 12.6 Å². The van der Waals surface area contributed by atoms with E-state index < -0.39 is 5.97 Å². The summed E-state index contributed by atoms with van der Waals surface area (Å²) >= 11 is 0. The van der Waals surface area contributed by atoms with E-state index in [-0.39, 0.29) is 5.76 Å². The van der Waals surface area contributed by atoms with Crippen LogP contribution in [-0.4, -0.2) is 28.6 Å². The molecule has 1 heterocycles. The molecule has 3 rings (SSSR count). The Bertz CT molecular complexity index is 629. The minimum atomic E-state index is -0.987. The molecular formula is C19H23NO3. The van der Waals surface area contributed by atoms with Gasteiger partial charge in [0.25, 0.3) is 0 Å². The highest BCUT2D eigenvalue weighted by molar-refractivity contribution is 5.86. The SMILES string of the molecule is O=C(O)c1occc1CN(CCc1ccccc1)C1CCCC1. The van der Waals surface area contributed by atoms with E-state index in [1.54, 1.807) is 6.07 Å². The van der Waals surface area contributed by atoms with Crippen molar-refractivity contribution in [3.05, 3.63) is 59.5 Å². The van der Waals surface area contributed by atoms with Gasteiger partial charge in [-0.2, -0.15) is 0 Å². The summed E-state index contributed by atoms with van der Waals surface area (Å²) in [6, 6.07) is 12.8. The normalized spacial score (nSPS) is 15.3. The number of nitrogens with zero attached hydrogens (tertiary/aromatic N) is 1. The predicted molar refractivity (Wildman–Crippen MR) is 88.5 cm³/mol. The molecule has 1 fully saturated rings. The number of hydrogen-bond acceptors (Lipinski definition) is 3. The Balaban J connectivity index is 1.70. The number of furan rings is 1. The largest absolute Gasteiger partial charge is 0.475 e. The fourth-order valence-electron chi connectivity index (χ4n) is 3.44. The third-order valence-corrected chi connectivity index (χ3v) is 4.69. The van der Waals surface area contributed by atoms with Gasteiger partial charge in [0.05, 0.1) is 6.26 Å². The molecule has 23 heavy (non-hydrogen) atoms. The van der Waals surface area contributed by atoms with Crippen LogP contribution in [0.1, 0.15) is 47.4 Å². The van der Waals surface area contributed by atoms with Crippen LogP contribution in [-0.2, 0) is 13.0 Å². The fourth-order valence-corrected chi connectivity index (χ4v) is 3.44. The maximum Gasteiger partial charge on any atom is 0.372 e. The van der Waals surface area contributed by atoms with Crippen molar-refractivity contribution in [3.8, 4) is 0 Å². The minimum Gasteiger partial charge on any atom is -0.475 e. The summed E-state index contributed by atoms with van der Waals surface area (Å²) in [6.45, 7) is 1.59. The molecule has 0 atom stereocenters. The summed E-state index contributed by atoms with van der Waals surface area (Å²) in [6.07, 6.45) is 7.40. The van der Waals surface area contributed by atoms with Crippen molar-refractivity contribution < 1.29 is 14.3 Å². The van der Waals surface area contributed by atoms with Crippen LogP contribution >= 0.6 is 0 Å². The van der Waals surface area contributed by atoms with E-state index in [2.05, 4.69) is 29.2 Å². The van der Waals surface area contributed by atoms with Gasteiger partial charge in [0, 0.05) is 24.7 Å². The van der Waals surface area contributed by atoms with E-state index in [9.17, 15) is 9.90 Å². The highest BCUT2D eigenvalue weighted by Crippen LogP contribution is 2.26. The first-order valence-electron chi connectivity index (χ1n) is 8.31. The lowest BCUT2D eigenvalue weighted by molar-refractivity contribution is 0.0658. The van der Waals surface area contributed by atoms with E-state index in [1.807, 2.05) is 6.07 Å². The Labute approximate surface area is 136 Å². The van der Waals surface area contributed by atoms with Gasteiger partial charge >= 0.3 is 5.97 Å². The van der Waals surface area contributed by atoms with Gasteiger partial charge in [0.1, 0.15) is 0 Å². The smallest absolute Gasteiger partial charge is 0.372 e. The van der Waals surface area contributed by atoms with Gasteiger partial charge in [-0.1, -0.05) is 43.2 Å². The molecule has 1 aromatic heterocycles. The van der Waals surface area contributed by atoms with Crippen LogP contribution in [0.2, 0.25) is 0 Å². The van der Waals surface area contributed by atoms with E-state index in [1.165, 1.54) is 37.5 Å². The molecule has 0 unspecified atom stereocenters. The number of benzene rings is 1. The molecule has 0 amide bonds. The first-order chi connectivity index (χ1) is 11.2. The maximum atomic E-state index is 11.3. The number of carboxylic acids is 1. The van der Waals surface area contributed by atoms with Crippen LogP contribution in [0.4, 0.5) is 0 Å². The van der Waals surface area contributed by atoms with Crippen molar-refractivity contribution in [2.24, 2.45) is 0 Å². The van der Waals surface area contributed by atoms with Crippen LogP contribution in [0.25, 0.3) is 0 Å². The molecule has 1 saturated carbocycles. The molecule has 0 spiro atoms. The molecule has 122 valence electrons. The second-order valence-electron chi connectivity index (χ2n) is 6.22. The topological polar surface area (TPSA) is 53.7 Å². The third kappa shape index (κ3) is 4.02. The third-order valence-electron chi connectivity index (χ3n) is 4.69. The number of rotatable bonds is 7. The van der Waals surface area contributed by atoms with Crippen LogP contribution in [0.3, 0.4) is 0 Å². The molecule has 4 nitrogen and oxygen atoms in total. The number of carbonyl (C=O) groups is 1. The summed E-state index contributed by atoms with van der Waals surface area (Å²) < 4.78 is 5.13. The van der Waals surface area contributed by atoms with Gasteiger partial charge in [0.15, 0.2) is 0 Å². The molecule has 0 bridgehead atoms. The van der Waals surface area contributed by atoms with Crippen LogP contribution in [0.5, 0.6) is 0 Å². The van der Waals surface area contributed by atoms with Crippen molar-refractivity contribution in [3.63, 3.8) is 0 Å². The number of aromatic carboxylic acids is 1. The Morgan fingerprint density at radius 3 is 2.61 bits per heavy atom. The lowest BCUT2D eigenvalue weighted by Gasteiger charge is -2.28. The number of hydrogen-bond donors (Lipinski definition) is 1. The molecule has 1 aliphatic rings. The second-order valence-corrected chi connectivity index (χ2v) is 6.22. The molecule has 1 N–H and O–H groups in total. The molecular weight excluding hydrogens is 290 g/mol. The molecule has 0 radical (unpaired) electrons. The first kappa shape index (κ1) is 15.8. The molecule has 0 saturated heterocycles. The van der Waals surface area contributed by atoms with Crippen LogP contribution < -0.4 is 0 Å². The molecule has 2 aromatic rings. The molecule has 1 aromatic carbocycles. The lowest BCUT2D eigenvalue weighted by Crippen LogP contribution is -2.34. The van der Waals surface area contributed by atoms with Crippen LogP contribution in [0.15, 0.2) is 47.1 Å². The number of carboxylic acid groups (broad SMARTS) is 1. The average Bonchev–Trinajstić information content (AvgIpc) is 3.23. The first-order valence-corrected chi connectivity index (χ1v) is 8.31. The van der Waals surface area contributed by atoms with E-state index >= 15 is 0 Å². The van der Waals surface area contributed by atoms with Crippen molar-refractivity contribution in [2.45, 2.75) is 44.7 Å². The van der Waals surface area contributed by atoms with Gasteiger partial charge in [-0.05, 0) is 30.9 Å². The zero-order valence-corrected chi connectivity index (χ0v) is 13.3. The monoisotopic (exact) mass is 313 g/mol. The minimum absolute atomic E-state index is 0.0766. The Hall–Kier alpha value is -2.07. The lowest BCUT2D eigenvalue weighted by atomic mass is 10.1. The van der Waals surface area contributed by atoms with Crippen molar-refractivity contribution in [1.82, 2.24) is 4.90 Å². The summed E-state index contributed by atoms with van der Waals surface area (Å²) in [5.74, 6) is -0.910. The van der Waals surface area contributed by atoms with Crippen LogP contribution in [0, 0.1) is 0 Å². The van der Waals surface area contributed by atoms with Crippen molar-refractivity contribution in [1.29, 1.82) is 0 Å². The van der Waals surface area contributed by atoms with Gasteiger partial charge < -0.3 is 9.52 Å². The summed E-state index contributed by atoms with van der Waals surface area (Å²) in [7, 11) is 0. The van der Waals surface area contributed by atoms with Gasteiger partial charge in [-0.25, -0.2) is 4.79 Å². The highest BCUT2D eigenvalue weighted by atomic mass is 16.4. The van der Waals surface area contributed by atoms with E-state index in [4.69, 9.17) is 4.42 Å². The molecule has 4 heteroatoms. The average molecular weight is 313 g/mol. The van der Waals surface area contributed by atoms with Crippen molar-refractivity contribution >= 4 is 5.97 Å². The van der Waals surface area contributed by atoms with Gasteiger partial charge in [-0.3, -0.25) is 4.90 Å². The standard InChI is InChI=1S/C19H23NO3/c21-19(22)18-16(11-13-23-18)14-20(17-8-4-5-9-17)12-10-15-6-2-1-3-7-15/h1-3,6-7,11,13,17H,4-5,8-10,12,14H2,(H,21,22). The second kappa shape index (κ2) is 7.47.